The summed E-state index contributed by atoms with van der Waals surface area (Å²) in [6, 6.07) is 5.66. The maximum atomic E-state index is 14.1. The van der Waals surface area contributed by atoms with Gasteiger partial charge >= 0.3 is 5.97 Å². The standard InChI is InChI=1S/C20H18F2N4O4/c1-11-15(12(2)26(24-11)17-5-3-13(21)7-16(17)22)8-18(27)23-14-4-6-19(28)25(9-14)10-20(29)30/h3-7,9H,8,10H2,1-2H3,(H,23,27)(H,29,30). The molecule has 2 heterocycles. The minimum absolute atomic E-state index is 0.0596. The van der Waals surface area contributed by atoms with Crippen LogP contribution in [0.15, 0.2) is 41.3 Å². The topological polar surface area (TPSA) is 106 Å². The number of nitrogens with one attached hydrogen (secondary N) is 1. The van der Waals surface area contributed by atoms with Crippen molar-refractivity contribution >= 4 is 17.6 Å². The van der Waals surface area contributed by atoms with Crippen molar-refractivity contribution in [1.29, 1.82) is 0 Å². The zero-order valence-corrected chi connectivity index (χ0v) is 16.1. The van der Waals surface area contributed by atoms with E-state index in [0.717, 1.165) is 22.8 Å². The Balaban J connectivity index is 1.82. The van der Waals surface area contributed by atoms with Crippen molar-refractivity contribution in [2.24, 2.45) is 0 Å². The van der Waals surface area contributed by atoms with Gasteiger partial charge in [-0.1, -0.05) is 0 Å². The van der Waals surface area contributed by atoms with Gasteiger partial charge in [-0.25, -0.2) is 13.5 Å². The molecule has 0 fully saturated rings. The predicted molar refractivity (Wildman–Crippen MR) is 104 cm³/mol. The Morgan fingerprint density at radius 3 is 2.57 bits per heavy atom. The first-order valence-electron chi connectivity index (χ1n) is 8.88. The number of nitrogens with zero attached hydrogens (tertiary/aromatic N) is 3. The largest absolute Gasteiger partial charge is 0.480 e. The van der Waals surface area contributed by atoms with Gasteiger partial charge in [0.05, 0.1) is 17.8 Å². The second-order valence-corrected chi connectivity index (χ2v) is 6.66. The third-order valence-electron chi connectivity index (χ3n) is 4.49. The number of carbonyl (C=O) groups excluding carboxylic acids is 1. The molecule has 10 heteroatoms. The summed E-state index contributed by atoms with van der Waals surface area (Å²) in [5.41, 5.74) is 1.39. The molecule has 0 saturated carbocycles. The van der Waals surface area contributed by atoms with E-state index in [2.05, 4.69) is 10.4 Å². The third kappa shape index (κ3) is 4.43. The Bertz CT molecular complexity index is 1200. The number of aliphatic carboxylic acids is 1. The summed E-state index contributed by atoms with van der Waals surface area (Å²) >= 11 is 0. The highest BCUT2D eigenvalue weighted by Crippen LogP contribution is 2.21. The van der Waals surface area contributed by atoms with Crippen molar-refractivity contribution in [2.75, 3.05) is 5.32 Å². The molecule has 0 atom stereocenters. The van der Waals surface area contributed by atoms with E-state index in [9.17, 15) is 23.2 Å². The molecule has 0 aliphatic rings. The van der Waals surface area contributed by atoms with Crippen molar-refractivity contribution in [2.45, 2.75) is 26.8 Å². The number of amides is 1. The van der Waals surface area contributed by atoms with Gasteiger partial charge in [-0.05, 0) is 32.0 Å². The normalized spacial score (nSPS) is 10.8. The lowest BCUT2D eigenvalue weighted by Gasteiger charge is -2.09. The Hall–Kier alpha value is -3.82. The molecular formula is C20H18F2N4O4. The zero-order valence-electron chi connectivity index (χ0n) is 16.1. The van der Waals surface area contributed by atoms with Gasteiger partial charge in [-0.15, -0.1) is 0 Å². The second kappa shape index (κ2) is 8.27. The Kier molecular flexibility index (Phi) is 5.77. The van der Waals surface area contributed by atoms with Crippen LogP contribution < -0.4 is 10.9 Å². The molecule has 156 valence electrons. The number of benzene rings is 1. The Labute approximate surface area is 169 Å². The highest BCUT2D eigenvalue weighted by Gasteiger charge is 2.18. The number of carbonyl (C=O) groups is 2. The van der Waals surface area contributed by atoms with Crippen LogP contribution in [0.5, 0.6) is 0 Å². The molecule has 0 bridgehead atoms. The Morgan fingerprint density at radius 2 is 1.90 bits per heavy atom. The number of anilines is 1. The number of aryl methyl sites for hydroxylation is 1. The van der Waals surface area contributed by atoms with Gasteiger partial charge in [0.1, 0.15) is 18.0 Å². The van der Waals surface area contributed by atoms with Crippen LogP contribution in [0.25, 0.3) is 5.69 Å². The number of carboxylic acid groups (broad SMARTS) is 1. The van der Waals surface area contributed by atoms with Crippen molar-refractivity contribution in [1.82, 2.24) is 14.3 Å². The highest BCUT2D eigenvalue weighted by atomic mass is 19.1. The van der Waals surface area contributed by atoms with E-state index < -0.39 is 35.6 Å². The van der Waals surface area contributed by atoms with Crippen LogP contribution in [-0.2, 0) is 22.6 Å². The zero-order chi connectivity index (χ0) is 22.0. The van der Waals surface area contributed by atoms with E-state index in [0.29, 0.717) is 17.0 Å². The van der Waals surface area contributed by atoms with Crippen LogP contribution >= 0.6 is 0 Å². The summed E-state index contributed by atoms with van der Waals surface area (Å²) in [4.78, 5) is 35.0. The fourth-order valence-electron chi connectivity index (χ4n) is 3.06. The summed E-state index contributed by atoms with van der Waals surface area (Å²) in [5, 5.41) is 15.7. The first-order chi connectivity index (χ1) is 14.2. The number of halogens is 2. The first-order valence-corrected chi connectivity index (χ1v) is 8.88. The van der Waals surface area contributed by atoms with Gasteiger partial charge < -0.3 is 15.0 Å². The van der Waals surface area contributed by atoms with Crippen LogP contribution in [0.3, 0.4) is 0 Å². The lowest BCUT2D eigenvalue weighted by atomic mass is 10.1. The fourth-order valence-corrected chi connectivity index (χ4v) is 3.06. The first kappa shape index (κ1) is 20.9. The quantitative estimate of drug-likeness (QED) is 0.641. The van der Waals surface area contributed by atoms with Gasteiger partial charge in [-0.3, -0.25) is 14.4 Å². The smallest absolute Gasteiger partial charge is 0.323 e. The molecular weight excluding hydrogens is 398 g/mol. The van der Waals surface area contributed by atoms with E-state index in [1.54, 1.807) is 13.8 Å². The minimum Gasteiger partial charge on any atom is -0.480 e. The maximum Gasteiger partial charge on any atom is 0.323 e. The van der Waals surface area contributed by atoms with Crippen molar-refractivity contribution in [3.05, 3.63) is 75.5 Å². The van der Waals surface area contributed by atoms with Crippen molar-refractivity contribution in [3.63, 3.8) is 0 Å². The number of aromatic nitrogens is 3. The van der Waals surface area contributed by atoms with Crippen LogP contribution in [-0.4, -0.2) is 31.3 Å². The van der Waals surface area contributed by atoms with Crippen LogP contribution in [0.2, 0.25) is 0 Å². The van der Waals surface area contributed by atoms with Gasteiger partial charge in [0, 0.05) is 29.6 Å². The van der Waals surface area contributed by atoms with Gasteiger partial charge in [0.25, 0.3) is 5.56 Å². The molecule has 2 N–H and O–H groups in total. The molecule has 0 unspecified atom stereocenters. The molecule has 0 saturated heterocycles. The molecule has 0 radical (unpaired) electrons. The second-order valence-electron chi connectivity index (χ2n) is 6.66. The average molecular weight is 416 g/mol. The molecule has 3 aromatic rings. The molecule has 0 aliphatic carbocycles. The van der Waals surface area contributed by atoms with Crippen LogP contribution in [0.1, 0.15) is 17.0 Å². The van der Waals surface area contributed by atoms with Gasteiger partial charge in [0.15, 0.2) is 5.82 Å². The number of hydrogen-bond donors (Lipinski definition) is 2. The predicted octanol–water partition coefficient (Wildman–Crippen LogP) is 2.19. The van der Waals surface area contributed by atoms with Crippen LogP contribution in [0.4, 0.5) is 14.5 Å². The van der Waals surface area contributed by atoms with Crippen molar-refractivity contribution in [3.8, 4) is 5.69 Å². The van der Waals surface area contributed by atoms with Crippen molar-refractivity contribution < 1.29 is 23.5 Å². The lowest BCUT2D eigenvalue weighted by Crippen LogP contribution is -2.24. The lowest BCUT2D eigenvalue weighted by molar-refractivity contribution is -0.137. The molecule has 30 heavy (non-hydrogen) atoms. The molecule has 3 rings (SSSR count). The molecule has 2 aromatic heterocycles. The Morgan fingerprint density at radius 1 is 1.17 bits per heavy atom. The summed E-state index contributed by atoms with van der Waals surface area (Å²) in [5.74, 6) is -3.10. The molecule has 1 aromatic carbocycles. The number of hydrogen-bond acceptors (Lipinski definition) is 4. The fraction of sp³-hybridized carbons (Fsp3) is 0.200. The average Bonchev–Trinajstić information content (AvgIpc) is 2.92. The summed E-state index contributed by atoms with van der Waals surface area (Å²) in [6.45, 7) is 2.80. The summed E-state index contributed by atoms with van der Waals surface area (Å²) in [7, 11) is 0. The third-order valence-corrected chi connectivity index (χ3v) is 4.49. The van der Waals surface area contributed by atoms with E-state index in [1.807, 2.05) is 0 Å². The van der Waals surface area contributed by atoms with E-state index >= 15 is 0 Å². The van der Waals surface area contributed by atoms with E-state index in [-0.39, 0.29) is 17.8 Å². The molecule has 8 nitrogen and oxygen atoms in total. The van der Waals surface area contributed by atoms with E-state index in [4.69, 9.17) is 5.11 Å². The SMILES string of the molecule is Cc1nn(-c2ccc(F)cc2F)c(C)c1CC(=O)Nc1ccc(=O)n(CC(=O)O)c1. The molecule has 0 aliphatic heterocycles. The highest BCUT2D eigenvalue weighted by molar-refractivity contribution is 5.92. The van der Waals surface area contributed by atoms with Gasteiger partial charge in [0.2, 0.25) is 5.91 Å². The van der Waals surface area contributed by atoms with Crippen LogP contribution in [0, 0.1) is 25.5 Å². The molecule has 1 amide bonds. The number of rotatable bonds is 6. The maximum absolute atomic E-state index is 14.1. The van der Waals surface area contributed by atoms with Gasteiger partial charge in [-0.2, -0.15) is 5.10 Å². The summed E-state index contributed by atoms with van der Waals surface area (Å²) in [6.07, 6.45) is 1.16. The molecule has 0 spiro atoms. The summed E-state index contributed by atoms with van der Waals surface area (Å²) < 4.78 is 29.6. The van der Waals surface area contributed by atoms with E-state index in [1.165, 1.54) is 23.0 Å². The monoisotopic (exact) mass is 416 g/mol. The number of pyridine rings is 1. The minimum atomic E-state index is -1.19. The number of carboxylic acids is 1.